The second-order valence-corrected chi connectivity index (χ2v) is 18.1. The molecule has 4 aromatic rings. The highest BCUT2D eigenvalue weighted by Gasteiger charge is 2.63. The Morgan fingerprint density at radius 1 is 0.955 bits per heavy atom. The standard InChI is InChI=1S/C37H42N4O2Si/c1-26-20-36(21-28-16-15-27(29-22-39-25-40-23-29)19-32(28)37(36)24-42-34(38)41-37)18-17-33(26)43-44(35(2,3)4,30-11-7-5-8-12-30)31-13-9-6-10-14-31/h5-16,19,22-23,25-26,33H,17-18,20-21,24H2,1-4H3,(H2,38,41)/t26-,33-,36-,37?/m1/s1/i24D2. The van der Waals surface area contributed by atoms with Crippen molar-refractivity contribution in [2.45, 2.75) is 70.1 Å². The molecule has 0 radical (unpaired) electrons. The highest BCUT2D eigenvalue weighted by atomic mass is 28.4. The normalized spacial score (nSPS) is 28.2. The Balaban J connectivity index is 1.30. The maximum absolute atomic E-state index is 9.30. The molecule has 7 rings (SSSR count). The molecule has 0 amide bonds. The number of hydrogen-bond acceptors (Lipinski definition) is 6. The largest absolute Gasteiger partial charge is 0.462 e. The number of nitrogens with zero attached hydrogens (tertiary/aromatic N) is 3. The summed E-state index contributed by atoms with van der Waals surface area (Å²) in [6, 6.07) is 27.7. The first kappa shape index (κ1) is 26.6. The molecular weight excluding hydrogens is 561 g/mol. The van der Waals surface area contributed by atoms with E-state index in [9.17, 15) is 2.74 Å². The number of rotatable bonds is 5. The lowest BCUT2D eigenvalue weighted by Gasteiger charge is -2.52. The van der Waals surface area contributed by atoms with Crippen molar-refractivity contribution < 1.29 is 11.9 Å². The van der Waals surface area contributed by atoms with Gasteiger partial charge in [0.15, 0.2) is 0 Å². The maximum atomic E-state index is 9.30. The van der Waals surface area contributed by atoms with Gasteiger partial charge in [0.2, 0.25) is 0 Å². The fourth-order valence-corrected chi connectivity index (χ4v) is 13.1. The third-order valence-electron chi connectivity index (χ3n) is 10.3. The number of amidine groups is 1. The lowest BCUT2D eigenvalue weighted by Crippen LogP contribution is -2.68. The number of hydrogen-bond donors (Lipinski definition) is 1. The number of aromatic nitrogens is 2. The quantitative estimate of drug-likeness (QED) is 0.283. The van der Waals surface area contributed by atoms with Crippen LogP contribution in [0.1, 0.15) is 60.8 Å². The van der Waals surface area contributed by atoms with E-state index in [1.807, 2.05) is 0 Å². The van der Waals surface area contributed by atoms with Crippen molar-refractivity contribution in [3.63, 3.8) is 0 Å². The predicted octanol–water partition coefficient (Wildman–Crippen LogP) is 5.99. The van der Waals surface area contributed by atoms with Crippen molar-refractivity contribution >= 4 is 24.7 Å². The number of fused-ring (bicyclic) bond motifs is 3. The monoisotopic (exact) mass is 604 g/mol. The Labute approximate surface area is 264 Å². The molecule has 1 aliphatic heterocycles. The molecule has 2 heterocycles. The van der Waals surface area contributed by atoms with E-state index in [0.29, 0.717) is 6.42 Å². The van der Waals surface area contributed by atoms with Crippen LogP contribution in [0.5, 0.6) is 0 Å². The van der Waals surface area contributed by atoms with E-state index in [1.54, 1.807) is 12.4 Å². The van der Waals surface area contributed by atoms with Gasteiger partial charge < -0.3 is 14.9 Å². The van der Waals surface area contributed by atoms with Gasteiger partial charge in [-0.05, 0) is 69.8 Å². The Morgan fingerprint density at radius 3 is 2.18 bits per heavy atom. The zero-order valence-electron chi connectivity index (χ0n) is 28.0. The first-order chi connectivity index (χ1) is 21.9. The van der Waals surface area contributed by atoms with Gasteiger partial charge in [-0.25, -0.2) is 15.0 Å². The van der Waals surface area contributed by atoms with E-state index in [2.05, 4.69) is 117 Å². The van der Waals surface area contributed by atoms with Crippen LogP contribution in [0.15, 0.2) is 103 Å². The van der Waals surface area contributed by atoms with Crippen LogP contribution in [0.25, 0.3) is 11.1 Å². The van der Waals surface area contributed by atoms with Crippen molar-refractivity contribution in [1.29, 1.82) is 0 Å². The average Bonchev–Trinajstić information content (AvgIpc) is 3.45. The van der Waals surface area contributed by atoms with Crippen LogP contribution in [0.4, 0.5) is 0 Å². The molecule has 226 valence electrons. The van der Waals surface area contributed by atoms with Gasteiger partial charge in [-0.15, -0.1) is 0 Å². The van der Waals surface area contributed by atoms with E-state index in [4.69, 9.17) is 19.9 Å². The highest BCUT2D eigenvalue weighted by molar-refractivity contribution is 6.99. The molecule has 3 aromatic carbocycles. The molecule has 1 fully saturated rings. The molecule has 4 atom stereocenters. The van der Waals surface area contributed by atoms with E-state index in [1.165, 1.54) is 16.7 Å². The van der Waals surface area contributed by atoms with Crippen molar-refractivity contribution in [3.8, 4) is 11.1 Å². The summed E-state index contributed by atoms with van der Waals surface area (Å²) in [6.45, 7) is 7.10. The second-order valence-electron chi connectivity index (χ2n) is 13.9. The van der Waals surface area contributed by atoms with Crippen molar-refractivity contribution in [2.75, 3.05) is 6.56 Å². The zero-order chi connectivity index (χ0) is 32.4. The minimum Gasteiger partial charge on any atom is -0.462 e. The molecule has 7 heteroatoms. The molecule has 1 aromatic heterocycles. The maximum Gasteiger partial charge on any atom is 0.283 e. The van der Waals surface area contributed by atoms with Gasteiger partial charge in [0.05, 0.1) is 2.74 Å². The molecule has 0 bridgehead atoms. The Hall–Kier alpha value is -3.81. The summed E-state index contributed by atoms with van der Waals surface area (Å²) in [5.41, 5.74) is 8.15. The van der Waals surface area contributed by atoms with E-state index >= 15 is 0 Å². The van der Waals surface area contributed by atoms with Crippen LogP contribution in [-0.2, 0) is 21.1 Å². The number of aliphatic imine (C=N–C) groups is 1. The van der Waals surface area contributed by atoms with E-state index in [-0.39, 0.29) is 23.1 Å². The number of ether oxygens (including phenoxy) is 1. The van der Waals surface area contributed by atoms with Crippen LogP contribution in [-0.4, -0.2) is 37.0 Å². The third kappa shape index (κ3) is 4.43. The molecule has 44 heavy (non-hydrogen) atoms. The Kier molecular flexibility index (Phi) is 6.44. The fraction of sp³-hybridized carbons (Fsp3) is 0.378. The first-order valence-electron chi connectivity index (χ1n) is 16.6. The summed E-state index contributed by atoms with van der Waals surface area (Å²) >= 11 is 0. The highest BCUT2D eigenvalue weighted by Crippen LogP contribution is 2.62. The van der Waals surface area contributed by atoms with Crippen molar-refractivity contribution in [2.24, 2.45) is 22.1 Å². The molecule has 2 N–H and O–H groups in total. The van der Waals surface area contributed by atoms with Gasteiger partial charge >= 0.3 is 0 Å². The van der Waals surface area contributed by atoms with Gasteiger partial charge in [0.25, 0.3) is 14.3 Å². The zero-order valence-corrected chi connectivity index (χ0v) is 27.0. The fourth-order valence-electron chi connectivity index (χ4n) is 8.29. The van der Waals surface area contributed by atoms with E-state index in [0.717, 1.165) is 41.5 Å². The van der Waals surface area contributed by atoms with Crippen LogP contribution in [0, 0.1) is 11.3 Å². The number of nitrogens with two attached hydrogens (primary N) is 1. The molecule has 2 spiro atoms. The summed E-state index contributed by atoms with van der Waals surface area (Å²) < 4.78 is 32.0. The van der Waals surface area contributed by atoms with E-state index < -0.39 is 25.8 Å². The summed E-state index contributed by atoms with van der Waals surface area (Å²) in [4.78, 5) is 13.3. The molecule has 2 aliphatic carbocycles. The molecule has 1 saturated carbocycles. The molecule has 1 unspecified atom stereocenters. The summed E-state index contributed by atoms with van der Waals surface area (Å²) in [7, 11) is -2.78. The van der Waals surface area contributed by atoms with Gasteiger partial charge in [-0.1, -0.05) is 100 Å². The van der Waals surface area contributed by atoms with Crippen molar-refractivity contribution in [1.82, 2.24) is 9.97 Å². The predicted molar refractivity (Wildman–Crippen MR) is 178 cm³/mol. The minimum atomic E-state index is -2.78. The molecule has 6 nitrogen and oxygen atoms in total. The van der Waals surface area contributed by atoms with Crippen molar-refractivity contribution in [3.05, 3.63) is 109 Å². The van der Waals surface area contributed by atoms with Crippen LogP contribution < -0.4 is 16.1 Å². The summed E-state index contributed by atoms with van der Waals surface area (Å²) in [5, 5.41) is 2.39. The van der Waals surface area contributed by atoms with Gasteiger partial charge in [-0.2, -0.15) is 0 Å². The van der Waals surface area contributed by atoms with Gasteiger partial charge in [0, 0.05) is 29.5 Å². The smallest absolute Gasteiger partial charge is 0.283 e. The minimum absolute atomic E-state index is 0.00997. The van der Waals surface area contributed by atoms with Gasteiger partial charge in [-0.3, -0.25) is 0 Å². The molecule has 3 aliphatic rings. The second kappa shape index (κ2) is 10.7. The number of benzene rings is 3. The molecular formula is C37H42N4O2Si. The van der Waals surface area contributed by atoms with Crippen LogP contribution in [0.2, 0.25) is 5.04 Å². The average molecular weight is 605 g/mol. The SMILES string of the molecule is [2H]C1([2H])OC(N)=NC12c1cc(-c3cncnc3)ccc1C[C@]21CC[C@@H](O[Si](c2ccccc2)(c2ccccc2)C(C)(C)C)[C@H](C)C1. The summed E-state index contributed by atoms with van der Waals surface area (Å²) in [5.74, 6) is 0.136. The lowest BCUT2D eigenvalue weighted by atomic mass is 9.59. The third-order valence-corrected chi connectivity index (χ3v) is 15.3. The lowest BCUT2D eigenvalue weighted by molar-refractivity contribution is -0.0187. The Bertz CT molecular complexity index is 1730. The first-order valence-corrected chi connectivity index (χ1v) is 17.6. The Morgan fingerprint density at radius 2 is 1.61 bits per heavy atom. The van der Waals surface area contributed by atoms with Crippen LogP contribution >= 0.6 is 0 Å². The summed E-state index contributed by atoms with van der Waals surface area (Å²) in [6.07, 6.45) is 8.00. The van der Waals surface area contributed by atoms with Gasteiger partial charge in [0.1, 0.15) is 18.4 Å². The molecule has 0 saturated heterocycles. The van der Waals surface area contributed by atoms with Crippen LogP contribution in [0.3, 0.4) is 0 Å². The topological polar surface area (TPSA) is 82.6 Å².